The molecule has 66 heavy (non-hydrogen) atoms. The van der Waals surface area contributed by atoms with Gasteiger partial charge in [0.25, 0.3) is 0 Å². The number of hydrogen-bond acceptors (Lipinski definition) is 4. The Morgan fingerprint density at radius 2 is 0.879 bits per heavy atom. The van der Waals surface area contributed by atoms with Gasteiger partial charge in [-0.15, -0.1) is 0 Å². The van der Waals surface area contributed by atoms with Crippen LogP contribution >= 0.6 is 0 Å². The van der Waals surface area contributed by atoms with E-state index in [0.717, 1.165) is 107 Å². The Hall–Kier alpha value is -9.00. The monoisotopic (exact) mass is 846 g/mol. The van der Waals surface area contributed by atoms with Crippen molar-refractivity contribution < 1.29 is 0 Å². The van der Waals surface area contributed by atoms with Crippen LogP contribution in [0.5, 0.6) is 0 Å². The first-order valence-electron chi connectivity index (χ1n) is 22.0. The van der Waals surface area contributed by atoms with Gasteiger partial charge >= 0.3 is 0 Å². The average Bonchev–Trinajstić information content (AvgIpc) is 3.97. The molecule has 0 spiro atoms. The minimum atomic E-state index is 0.721. The van der Waals surface area contributed by atoms with Crippen LogP contribution in [0.1, 0.15) is 17.0 Å². The summed E-state index contributed by atoms with van der Waals surface area (Å²) >= 11 is 0. The van der Waals surface area contributed by atoms with Crippen LogP contribution in [0.25, 0.3) is 96.1 Å². The molecule has 6 nitrogen and oxygen atoms in total. The van der Waals surface area contributed by atoms with Crippen molar-refractivity contribution in [3.63, 3.8) is 0 Å². The van der Waals surface area contributed by atoms with Gasteiger partial charge in [0.1, 0.15) is 17.0 Å². The summed E-state index contributed by atoms with van der Waals surface area (Å²) in [5.41, 5.74) is 17.4. The smallest absolute Gasteiger partial charge is 0.138 e. The number of imidazole rings is 2. The van der Waals surface area contributed by atoms with Crippen molar-refractivity contribution in [2.75, 3.05) is 0 Å². The molecule has 6 heterocycles. The number of rotatable bonds is 11. The summed E-state index contributed by atoms with van der Waals surface area (Å²) < 4.78 is 4.28. The van der Waals surface area contributed by atoms with E-state index in [1.165, 1.54) is 0 Å². The molecule has 0 fully saturated rings. The second kappa shape index (κ2) is 17.6. The molecule has 6 aromatic heterocycles. The fraction of sp³-hybridized carbons (Fsp3) is 0. The van der Waals surface area contributed by atoms with Crippen molar-refractivity contribution in [3.8, 4) is 67.5 Å². The Balaban J connectivity index is 1.07. The predicted octanol–water partition coefficient (Wildman–Crippen LogP) is 14.6. The average molecular weight is 847 g/mol. The molecule has 0 radical (unpaired) electrons. The van der Waals surface area contributed by atoms with Gasteiger partial charge < -0.3 is 0 Å². The molecule has 5 aromatic carbocycles. The van der Waals surface area contributed by atoms with Crippen LogP contribution in [0.4, 0.5) is 0 Å². The quantitative estimate of drug-likeness (QED) is 0.122. The largest absolute Gasteiger partial charge is 0.299 e. The normalized spacial score (nSPS) is 11.7. The standard InChI is InChI=1S/C60H42N6/c1-42(37-48(43-21-7-2-8-22-43)33-34-51-59(46-27-13-5-14-28-46)65-35-19-17-31-56(65)63-51)52-38-49(44-23-9-3-10-24-44)39-53(61-52)54-40-50(45-25-11-4-12-26-45)41-55(62-54)58-60(47-29-15-6-16-30-47)66-36-20-18-32-57(66)64-58/h2-41H,1H2/b34-33+,48-37+. The van der Waals surface area contributed by atoms with Crippen LogP contribution in [0.3, 0.4) is 0 Å². The van der Waals surface area contributed by atoms with E-state index in [1.807, 2.05) is 66.7 Å². The van der Waals surface area contributed by atoms with Crippen molar-refractivity contribution in [1.82, 2.24) is 28.7 Å². The molecule has 0 N–H and O–H groups in total. The molecule has 0 saturated carbocycles. The summed E-state index contributed by atoms with van der Waals surface area (Å²) in [5.74, 6) is 0. The summed E-state index contributed by atoms with van der Waals surface area (Å²) in [4.78, 5) is 21.1. The third kappa shape index (κ3) is 7.95. The summed E-state index contributed by atoms with van der Waals surface area (Å²) in [6, 6.07) is 72.7. The van der Waals surface area contributed by atoms with Crippen molar-refractivity contribution >= 4 is 28.5 Å². The van der Waals surface area contributed by atoms with Crippen molar-refractivity contribution in [3.05, 3.63) is 260 Å². The van der Waals surface area contributed by atoms with Gasteiger partial charge in [0, 0.05) is 23.5 Å². The first kappa shape index (κ1) is 39.8. The number of pyridine rings is 4. The van der Waals surface area contributed by atoms with Crippen molar-refractivity contribution in [2.24, 2.45) is 0 Å². The number of allylic oxidation sites excluding steroid dienone is 4. The van der Waals surface area contributed by atoms with E-state index in [9.17, 15) is 0 Å². The maximum atomic E-state index is 5.44. The van der Waals surface area contributed by atoms with E-state index in [4.69, 9.17) is 19.9 Å². The maximum absolute atomic E-state index is 5.44. The molecular weight excluding hydrogens is 805 g/mol. The Morgan fingerprint density at radius 3 is 1.48 bits per heavy atom. The Morgan fingerprint density at radius 1 is 0.409 bits per heavy atom. The van der Waals surface area contributed by atoms with E-state index in [1.54, 1.807) is 0 Å². The summed E-state index contributed by atoms with van der Waals surface area (Å²) in [6.07, 6.45) is 10.5. The number of aromatic nitrogens is 6. The number of benzene rings is 5. The van der Waals surface area contributed by atoms with Crippen molar-refractivity contribution in [1.29, 1.82) is 0 Å². The molecule has 0 amide bonds. The van der Waals surface area contributed by atoms with Gasteiger partial charge in [0.05, 0.1) is 39.9 Å². The van der Waals surface area contributed by atoms with Gasteiger partial charge in [0.15, 0.2) is 0 Å². The molecule has 312 valence electrons. The van der Waals surface area contributed by atoms with Crippen LogP contribution in [-0.4, -0.2) is 28.7 Å². The lowest BCUT2D eigenvalue weighted by atomic mass is 9.97. The summed E-state index contributed by atoms with van der Waals surface area (Å²) in [5, 5.41) is 0. The fourth-order valence-corrected chi connectivity index (χ4v) is 8.55. The van der Waals surface area contributed by atoms with Gasteiger partial charge in [-0.25, -0.2) is 19.9 Å². The van der Waals surface area contributed by atoms with Crippen LogP contribution in [0.2, 0.25) is 0 Å². The fourth-order valence-electron chi connectivity index (χ4n) is 8.55. The lowest BCUT2D eigenvalue weighted by Crippen LogP contribution is -1.98. The minimum Gasteiger partial charge on any atom is -0.299 e. The van der Waals surface area contributed by atoms with Gasteiger partial charge in [-0.3, -0.25) is 8.80 Å². The molecule has 0 atom stereocenters. The van der Waals surface area contributed by atoms with E-state index >= 15 is 0 Å². The molecule has 0 unspecified atom stereocenters. The highest BCUT2D eigenvalue weighted by Crippen LogP contribution is 2.37. The van der Waals surface area contributed by atoms with Crippen LogP contribution in [0, 0.1) is 0 Å². The van der Waals surface area contributed by atoms with E-state index in [2.05, 4.69) is 192 Å². The first-order valence-corrected chi connectivity index (χ1v) is 22.0. The molecular formula is C60H42N6. The second-order valence-electron chi connectivity index (χ2n) is 16.1. The topological polar surface area (TPSA) is 60.4 Å². The highest BCUT2D eigenvalue weighted by atomic mass is 15.0. The highest BCUT2D eigenvalue weighted by molar-refractivity contribution is 5.91. The number of nitrogens with zero attached hydrogens (tertiary/aromatic N) is 6. The van der Waals surface area contributed by atoms with Crippen LogP contribution in [-0.2, 0) is 0 Å². The van der Waals surface area contributed by atoms with E-state index in [-0.39, 0.29) is 0 Å². The lowest BCUT2D eigenvalue weighted by molar-refractivity contribution is 1.19. The molecule has 0 aliphatic carbocycles. The Labute approximate surface area is 383 Å². The summed E-state index contributed by atoms with van der Waals surface area (Å²) in [7, 11) is 0. The second-order valence-corrected chi connectivity index (χ2v) is 16.1. The minimum absolute atomic E-state index is 0.721. The zero-order valence-electron chi connectivity index (χ0n) is 36.0. The third-order valence-corrected chi connectivity index (χ3v) is 11.7. The van der Waals surface area contributed by atoms with Gasteiger partial charge in [-0.1, -0.05) is 176 Å². The van der Waals surface area contributed by atoms with E-state index in [0.29, 0.717) is 0 Å². The maximum Gasteiger partial charge on any atom is 0.138 e. The van der Waals surface area contributed by atoms with Gasteiger partial charge in [0.2, 0.25) is 0 Å². The van der Waals surface area contributed by atoms with Gasteiger partial charge in [-0.2, -0.15) is 0 Å². The molecule has 11 rings (SSSR count). The lowest BCUT2D eigenvalue weighted by Gasteiger charge is -2.13. The van der Waals surface area contributed by atoms with Crippen molar-refractivity contribution in [2.45, 2.75) is 0 Å². The molecule has 0 saturated heterocycles. The Bertz CT molecular complexity index is 3570. The zero-order chi connectivity index (χ0) is 44.2. The van der Waals surface area contributed by atoms with Crippen LogP contribution in [0.15, 0.2) is 243 Å². The first-order chi connectivity index (χ1) is 32.6. The van der Waals surface area contributed by atoms with E-state index < -0.39 is 0 Å². The third-order valence-electron chi connectivity index (χ3n) is 11.7. The predicted molar refractivity (Wildman–Crippen MR) is 271 cm³/mol. The molecule has 0 bridgehead atoms. The number of fused-ring (bicyclic) bond motifs is 2. The summed E-state index contributed by atoms with van der Waals surface area (Å²) in [6.45, 7) is 4.69. The zero-order valence-corrected chi connectivity index (χ0v) is 36.0. The molecule has 11 aromatic rings. The molecule has 0 aliphatic heterocycles. The Kier molecular flexibility index (Phi) is 10.6. The van der Waals surface area contributed by atoms with Crippen LogP contribution < -0.4 is 0 Å². The van der Waals surface area contributed by atoms with Gasteiger partial charge in [-0.05, 0) is 99.6 Å². The highest BCUT2D eigenvalue weighted by Gasteiger charge is 2.20. The number of hydrogen-bond donors (Lipinski definition) is 0. The SMILES string of the molecule is C=C(/C=C(\C=C\c1nc2ccccn2c1-c1ccccc1)c1ccccc1)c1cc(-c2ccccc2)cc(-c2cc(-c3ccccc3)cc(-c3nc4ccccn4c3-c3ccccc3)n2)n1. The molecule has 6 heteroatoms. The molecule has 0 aliphatic rings.